The third-order valence-corrected chi connectivity index (χ3v) is 3.04. The van der Waals surface area contributed by atoms with E-state index in [0.29, 0.717) is 6.04 Å². The standard InChI is InChI=1S/C14H18N2O.C2H6/c1-3-4-5-12-8-14(10-15-9-12)17-11-13-6-7-16(13)2;1-2/h3-5,8-10,13H,1,6-7,11H2,2H3;1-2H3/b5-4+;/t13-;/m0./s1. The van der Waals surface area contributed by atoms with Gasteiger partial charge >= 0.3 is 0 Å². The summed E-state index contributed by atoms with van der Waals surface area (Å²) in [5, 5.41) is 0. The molecule has 0 N–H and O–H groups in total. The zero-order chi connectivity index (χ0) is 14.1. The molecule has 1 fully saturated rings. The van der Waals surface area contributed by atoms with Gasteiger partial charge < -0.3 is 4.74 Å². The Morgan fingerprint density at radius 3 is 2.84 bits per heavy atom. The summed E-state index contributed by atoms with van der Waals surface area (Å²) >= 11 is 0. The van der Waals surface area contributed by atoms with Gasteiger partial charge in [0.05, 0.1) is 6.20 Å². The third kappa shape index (κ3) is 4.87. The first kappa shape index (κ1) is 15.4. The molecule has 0 spiro atoms. The molecule has 0 unspecified atom stereocenters. The second-order valence-electron chi connectivity index (χ2n) is 4.28. The van der Waals surface area contributed by atoms with Crippen LogP contribution in [0.1, 0.15) is 25.8 Å². The molecular formula is C16H24N2O. The predicted octanol–water partition coefficient (Wildman–Crippen LogP) is 3.39. The van der Waals surface area contributed by atoms with Crippen LogP contribution in [0, 0.1) is 0 Å². The van der Waals surface area contributed by atoms with Gasteiger partial charge in [0.15, 0.2) is 0 Å². The average molecular weight is 260 g/mol. The Balaban J connectivity index is 0.000000861. The molecule has 0 radical (unpaired) electrons. The highest BCUT2D eigenvalue weighted by molar-refractivity contribution is 5.51. The molecular weight excluding hydrogens is 236 g/mol. The minimum atomic E-state index is 0.558. The Labute approximate surface area is 116 Å². The Kier molecular flexibility index (Phi) is 6.90. The lowest BCUT2D eigenvalue weighted by Crippen LogP contribution is -2.48. The largest absolute Gasteiger partial charge is 0.490 e. The molecule has 1 aromatic rings. The number of aromatic nitrogens is 1. The number of rotatable bonds is 5. The number of hydrogen-bond donors (Lipinski definition) is 0. The maximum absolute atomic E-state index is 5.74. The number of allylic oxidation sites excluding steroid dienone is 2. The Bertz CT molecular complexity index is 415. The normalized spacial score (nSPS) is 18.4. The SMILES string of the molecule is C=C/C=C/c1cncc(OC[C@@H]2CCN2C)c1.CC. The molecule has 0 saturated carbocycles. The average Bonchev–Trinajstić information content (AvgIpc) is 2.46. The lowest BCUT2D eigenvalue weighted by atomic mass is 10.1. The molecule has 3 heteroatoms. The van der Waals surface area contributed by atoms with Gasteiger partial charge in [-0.25, -0.2) is 0 Å². The van der Waals surface area contributed by atoms with E-state index in [4.69, 9.17) is 4.74 Å². The van der Waals surface area contributed by atoms with Gasteiger partial charge in [0.2, 0.25) is 0 Å². The number of ether oxygens (including phenoxy) is 1. The lowest BCUT2D eigenvalue weighted by Gasteiger charge is -2.37. The monoisotopic (exact) mass is 260 g/mol. The molecule has 3 nitrogen and oxygen atoms in total. The number of hydrogen-bond acceptors (Lipinski definition) is 3. The summed E-state index contributed by atoms with van der Waals surface area (Å²) in [4.78, 5) is 6.45. The molecule has 104 valence electrons. The zero-order valence-corrected chi connectivity index (χ0v) is 12.2. The van der Waals surface area contributed by atoms with Crippen molar-refractivity contribution in [3.63, 3.8) is 0 Å². The van der Waals surface area contributed by atoms with Crippen LogP contribution in [-0.2, 0) is 0 Å². The van der Waals surface area contributed by atoms with Gasteiger partial charge in [-0.05, 0) is 31.6 Å². The van der Waals surface area contributed by atoms with Crippen LogP contribution in [0.5, 0.6) is 5.75 Å². The summed E-state index contributed by atoms with van der Waals surface area (Å²) in [7, 11) is 2.12. The quantitative estimate of drug-likeness (QED) is 0.759. The summed E-state index contributed by atoms with van der Waals surface area (Å²) in [5.74, 6) is 0.830. The highest BCUT2D eigenvalue weighted by Gasteiger charge is 2.24. The van der Waals surface area contributed by atoms with Gasteiger partial charge in [-0.3, -0.25) is 9.88 Å². The molecule has 1 aliphatic heterocycles. The molecule has 1 saturated heterocycles. The molecule has 1 atom stereocenters. The molecule has 0 amide bonds. The maximum Gasteiger partial charge on any atom is 0.138 e. The molecule has 0 bridgehead atoms. The minimum Gasteiger partial charge on any atom is -0.490 e. The van der Waals surface area contributed by atoms with Crippen LogP contribution in [0.2, 0.25) is 0 Å². The van der Waals surface area contributed by atoms with Gasteiger partial charge in [0.25, 0.3) is 0 Å². The van der Waals surface area contributed by atoms with E-state index in [1.165, 1.54) is 13.0 Å². The maximum atomic E-state index is 5.74. The molecule has 0 aliphatic carbocycles. The van der Waals surface area contributed by atoms with E-state index in [0.717, 1.165) is 17.9 Å². The Hall–Kier alpha value is -1.61. The fourth-order valence-corrected chi connectivity index (χ4v) is 1.76. The summed E-state index contributed by atoms with van der Waals surface area (Å²) < 4.78 is 5.74. The molecule has 1 aromatic heterocycles. The number of nitrogens with zero attached hydrogens (tertiary/aromatic N) is 2. The molecule has 1 aliphatic rings. The van der Waals surface area contributed by atoms with Crippen LogP contribution in [0.4, 0.5) is 0 Å². The molecule has 0 aromatic carbocycles. The van der Waals surface area contributed by atoms with Gasteiger partial charge in [0, 0.05) is 12.2 Å². The van der Waals surface area contributed by atoms with Crippen molar-refractivity contribution in [2.45, 2.75) is 26.3 Å². The Morgan fingerprint density at radius 2 is 2.26 bits per heavy atom. The number of pyridine rings is 1. The van der Waals surface area contributed by atoms with Crippen molar-refractivity contribution < 1.29 is 4.74 Å². The van der Waals surface area contributed by atoms with Crippen LogP contribution in [0.15, 0.2) is 37.2 Å². The zero-order valence-electron chi connectivity index (χ0n) is 12.2. The highest BCUT2D eigenvalue weighted by atomic mass is 16.5. The van der Waals surface area contributed by atoms with Crippen molar-refractivity contribution >= 4 is 6.08 Å². The van der Waals surface area contributed by atoms with Gasteiger partial charge in [-0.2, -0.15) is 0 Å². The van der Waals surface area contributed by atoms with Crippen LogP contribution >= 0.6 is 0 Å². The van der Waals surface area contributed by atoms with Crippen LogP contribution in [-0.4, -0.2) is 36.1 Å². The van der Waals surface area contributed by atoms with E-state index in [2.05, 4.69) is 23.5 Å². The van der Waals surface area contributed by atoms with Gasteiger partial charge in [0.1, 0.15) is 12.4 Å². The summed E-state index contributed by atoms with van der Waals surface area (Å²) in [6, 6.07) is 2.55. The van der Waals surface area contributed by atoms with Gasteiger partial charge in [-0.1, -0.05) is 38.7 Å². The number of likely N-dealkylation sites (tertiary alicyclic amines) is 1. The fraction of sp³-hybridized carbons (Fsp3) is 0.438. The first-order valence-corrected chi connectivity index (χ1v) is 6.87. The van der Waals surface area contributed by atoms with Gasteiger partial charge in [-0.15, -0.1) is 0 Å². The molecule has 2 heterocycles. The molecule has 19 heavy (non-hydrogen) atoms. The fourth-order valence-electron chi connectivity index (χ4n) is 1.76. The molecule has 2 rings (SSSR count). The van der Waals surface area contributed by atoms with E-state index in [-0.39, 0.29) is 0 Å². The van der Waals surface area contributed by atoms with Crippen molar-refractivity contribution in [3.8, 4) is 5.75 Å². The summed E-state index contributed by atoms with van der Waals surface area (Å²) in [6.07, 6.45) is 10.4. The van der Waals surface area contributed by atoms with E-state index in [9.17, 15) is 0 Å². The van der Waals surface area contributed by atoms with E-state index >= 15 is 0 Å². The second-order valence-corrected chi connectivity index (χ2v) is 4.28. The first-order chi connectivity index (χ1) is 9.29. The van der Waals surface area contributed by atoms with E-state index < -0.39 is 0 Å². The van der Waals surface area contributed by atoms with E-state index in [1.54, 1.807) is 12.3 Å². The van der Waals surface area contributed by atoms with Crippen molar-refractivity contribution in [2.75, 3.05) is 20.2 Å². The topological polar surface area (TPSA) is 25.4 Å². The van der Waals surface area contributed by atoms with Crippen molar-refractivity contribution in [1.29, 1.82) is 0 Å². The van der Waals surface area contributed by atoms with Crippen molar-refractivity contribution in [3.05, 3.63) is 42.8 Å². The van der Waals surface area contributed by atoms with Crippen LogP contribution < -0.4 is 4.74 Å². The lowest BCUT2D eigenvalue weighted by molar-refractivity contribution is 0.0767. The third-order valence-electron chi connectivity index (χ3n) is 3.04. The van der Waals surface area contributed by atoms with Crippen LogP contribution in [0.3, 0.4) is 0 Å². The van der Waals surface area contributed by atoms with Crippen molar-refractivity contribution in [2.24, 2.45) is 0 Å². The van der Waals surface area contributed by atoms with Crippen molar-refractivity contribution in [1.82, 2.24) is 9.88 Å². The highest BCUT2D eigenvalue weighted by Crippen LogP contribution is 2.17. The minimum absolute atomic E-state index is 0.558. The number of likely N-dealkylation sites (N-methyl/N-ethyl adjacent to an activating group) is 1. The summed E-state index contributed by atoms with van der Waals surface area (Å²) in [6.45, 7) is 9.56. The second kappa shape index (κ2) is 8.48. The smallest absolute Gasteiger partial charge is 0.138 e. The van der Waals surface area contributed by atoms with Crippen LogP contribution in [0.25, 0.3) is 6.08 Å². The van der Waals surface area contributed by atoms with E-state index in [1.807, 2.05) is 38.3 Å². The Morgan fingerprint density at radius 1 is 1.47 bits per heavy atom. The summed E-state index contributed by atoms with van der Waals surface area (Å²) in [5.41, 5.74) is 1.03. The predicted molar refractivity (Wildman–Crippen MR) is 81.3 cm³/mol. The first-order valence-electron chi connectivity index (χ1n) is 6.87.